The fraction of sp³-hybridized carbons (Fsp3) is 0.133. The maximum atomic E-state index is 13.7. The van der Waals surface area contributed by atoms with Crippen LogP contribution in [-0.4, -0.2) is 9.55 Å². The molecule has 1 aromatic heterocycles. The molecule has 0 amide bonds. The molecule has 21 heavy (non-hydrogen) atoms. The molecule has 0 atom stereocenters. The van der Waals surface area contributed by atoms with E-state index in [0.717, 1.165) is 16.8 Å². The first-order valence-corrected chi connectivity index (χ1v) is 7.90. The van der Waals surface area contributed by atoms with E-state index in [2.05, 4.69) is 20.9 Å². The number of hydrogen-bond acceptors (Lipinski definition) is 1. The average Bonchev–Trinajstić information content (AvgIpc) is 2.79. The quantitative estimate of drug-likeness (QED) is 0.521. The molecule has 0 unspecified atom stereocenters. The summed E-state index contributed by atoms with van der Waals surface area (Å²) >= 11 is 15.3. The minimum absolute atomic E-state index is 0.222. The number of rotatable bonds is 2. The molecule has 1 heterocycles. The Balaban J connectivity index is 2.40. The van der Waals surface area contributed by atoms with Crippen molar-refractivity contribution in [3.63, 3.8) is 0 Å². The number of hydrogen-bond donors (Lipinski definition) is 0. The zero-order chi connectivity index (χ0) is 15.1. The second-order valence-electron chi connectivity index (χ2n) is 4.68. The number of halogens is 4. The molecule has 6 heteroatoms. The van der Waals surface area contributed by atoms with E-state index in [4.69, 9.17) is 23.2 Å². The minimum atomic E-state index is -0.351. The molecule has 2 nitrogen and oxygen atoms in total. The molecule has 108 valence electrons. The molecule has 3 aromatic rings. The summed E-state index contributed by atoms with van der Waals surface area (Å²) in [7, 11) is 0. The van der Waals surface area contributed by atoms with Gasteiger partial charge in [-0.3, -0.25) is 4.57 Å². The normalized spacial score (nSPS) is 11.3. The Labute approximate surface area is 139 Å². The lowest BCUT2D eigenvalue weighted by Crippen LogP contribution is -2.01. The lowest BCUT2D eigenvalue weighted by molar-refractivity contribution is 0.623. The van der Waals surface area contributed by atoms with Crippen LogP contribution in [0.5, 0.6) is 0 Å². The van der Waals surface area contributed by atoms with Gasteiger partial charge in [-0.25, -0.2) is 9.37 Å². The third-order valence-corrected chi connectivity index (χ3v) is 4.38. The van der Waals surface area contributed by atoms with Gasteiger partial charge in [0.05, 0.1) is 27.1 Å². The highest BCUT2D eigenvalue weighted by Crippen LogP contribution is 2.30. The smallest absolute Gasteiger partial charge is 0.139 e. The van der Waals surface area contributed by atoms with Crippen LogP contribution >= 0.6 is 39.1 Å². The van der Waals surface area contributed by atoms with Crippen molar-refractivity contribution >= 4 is 50.2 Å². The van der Waals surface area contributed by atoms with Crippen LogP contribution < -0.4 is 0 Å². The van der Waals surface area contributed by atoms with E-state index in [1.807, 2.05) is 29.7 Å². The van der Waals surface area contributed by atoms with Crippen LogP contribution in [0.15, 0.2) is 34.8 Å². The van der Waals surface area contributed by atoms with Gasteiger partial charge in [-0.1, -0.05) is 17.7 Å². The van der Waals surface area contributed by atoms with Gasteiger partial charge < -0.3 is 0 Å². The third-order valence-electron chi connectivity index (χ3n) is 3.30. The van der Waals surface area contributed by atoms with Crippen molar-refractivity contribution in [1.82, 2.24) is 9.55 Å². The van der Waals surface area contributed by atoms with Crippen molar-refractivity contribution in [3.05, 3.63) is 57.0 Å². The maximum Gasteiger partial charge on any atom is 0.139 e. The minimum Gasteiger partial charge on any atom is -0.295 e. The van der Waals surface area contributed by atoms with Crippen LogP contribution in [-0.2, 0) is 5.88 Å². The monoisotopic (exact) mass is 386 g/mol. The molecule has 0 saturated carbocycles. The molecule has 0 saturated heterocycles. The molecule has 0 spiro atoms. The second-order valence-corrected chi connectivity index (χ2v) is 6.24. The summed E-state index contributed by atoms with van der Waals surface area (Å²) in [6.45, 7) is 1.98. The summed E-state index contributed by atoms with van der Waals surface area (Å²) in [5, 5.41) is 0.624. The molecule has 0 bridgehead atoms. The van der Waals surface area contributed by atoms with Crippen LogP contribution in [0.25, 0.3) is 16.7 Å². The van der Waals surface area contributed by atoms with Gasteiger partial charge in [-0.15, -0.1) is 11.6 Å². The molecule has 0 radical (unpaired) electrons. The lowest BCUT2D eigenvalue weighted by atomic mass is 10.2. The highest BCUT2D eigenvalue weighted by Gasteiger charge is 2.16. The molecule has 0 aliphatic heterocycles. The summed E-state index contributed by atoms with van der Waals surface area (Å²) in [6, 6.07) is 8.71. The first-order chi connectivity index (χ1) is 10.0. The van der Waals surface area contributed by atoms with Gasteiger partial charge >= 0.3 is 0 Å². The van der Waals surface area contributed by atoms with E-state index in [1.54, 1.807) is 6.07 Å². The standard InChI is InChI=1S/C15H10BrCl2FN2/c1-8-2-3-9(18)4-13(8)21-14-5-10(16)11(19)6-12(14)20-15(21)7-17/h2-6H,7H2,1H3. The number of imidazole rings is 1. The maximum absolute atomic E-state index is 13.7. The molecule has 0 aliphatic carbocycles. The fourth-order valence-corrected chi connectivity index (χ4v) is 2.98. The topological polar surface area (TPSA) is 17.8 Å². The Morgan fingerprint density at radius 1 is 1.29 bits per heavy atom. The van der Waals surface area contributed by atoms with E-state index in [9.17, 15) is 4.39 Å². The van der Waals surface area contributed by atoms with E-state index >= 15 is 0 Å². The van der Waals surface area contributed by atoms with Crippen LogP contribution in [0.2, 0.25) is 5.02 Å². The van der Waals surface area contributed by atoms with Gasteiger partial charge in [0.15, 0.2) is 0 Å². The molecular weight excluding hydrogens is 378 g/mol. The van der Waals surface area contributed by atoms with Crippen LogP contribution in [0, 0.1) is 12.7 Å². The highest BCUT2D eigenvalue weighted by atomic mass is 79.9. The number of alkyl halides is 1. The van der Waals surface area contributed by atoms with E-state index in [-0.39, 0.29) is 11.7 Å². The summed E-state index contributed by atoms with van der Waals surface area (Å²) < 4.78 is 16.0. The number of benzene rings is 2. The molecular formula is C15H10BrCl2FN2. The average molecular weight is 388 g/mol. The summed E-state index contributed by atoms with van der Waals surface area (Å²) in [6.07, 6.45) is 0. The van der Waals surface area contributed by atoms with E-state index in [0.29, 0.717) is 20.8 Å². The summed E-state index contributed by atoms with van der Waals surface area (Å²) in [4.78, 5) is 4.41. The van der Waals surface area contributed by atoms with Crippen molar-refractivity contribution in [3.8, 4) is 5.69 Å². The first-order valence-electron chi connectivity index (χ1n) is 6.20. The first kappa shape index (κ1) is 14.8. The van der Waals surface area contributed by atoms with Crippen LogP contribution in [0.3, 0.4) is 0 Å². The zero-order valence-corrected chi connectivity index (χ0v) is 14.1. The van der Waals surface area contributed by atoms with Crippen molar-refractivity contribution in [1.29, 1.82) is 0 Å². The Hall–Kier alpha value is -1.10. The van der Waals surface area contributed by atoms with Gasteiger partial charge in [-0.2, -0.15) is 0 Å². The number of aromatic nitrogens is 2. The van der Waals surface area contributed by atoms with E-state index < -0.39 is 0 Å². The zero-order valence-electron chi connectivity index (χ0n) is 11.0. The second kappa shape index (κ2) is 5.59. The van der Waals surface area contributed by atoms with Gasteiger partial charge in [0.25, 0.3) is 0 Å². The highest BCUT2D eigenvalue weighted by molar-refractivity contribution is 9.10. The Bertz CT molecular complexity index is 845. The van der Waals surface area contributed by atoms with Gasteiger partial charge in [0.2, 0.25) is 0 Å². The van der Waals surface area contributed by atoms with Crippen LogP contribution in [0.1, 0.15) is 11.4 Å². The largest absolute Gasteiger partial charge is 0.295 e. The Morgan fingerprint density at radius 3 is 2.76 bits per heavy atom. The molecule has 0 N–H and O–H groups in total. The predicted molar refractivity (Wildman–Crippen MR) is 88.0 cm³/mol. The van der Waals surface area contributed by atoms with Crippen LogP contribution in [0.4, 0.5) is 4.39 Å². The number of aryl methyl sites for hydroxylation is 1. The summed E-state index contributed by atoms with van der Waals surface area (Å²) in [5.74, 6) is 0.519. The van der Waals surface area contributed by atoms with Crippen molar-refractivity contribution < 1.29 is 4.39 Å². The Kier molecular flexibility index (Phi) is 3.95. The summed E-state index contributed by atoms with van der Waals surface area (Å²) in [5.41, 5.74) is 3.26. The van der Waals surface area contributed by atoms with Gasteiger partial charge in [-0.05, 0) is 46.6 Å². The van der Waals surface area contributed by atoms with E-state index in [1.165, 1.54) is 6.07 Å². The van der Waals surface area contributed by atoms with Gasteiger partial charge in [0, 0.05) is 11.1 Å². The third kappa shape index (κ3) is 2.56. The van der Waals surface area contributed by atoms with Crippen molar-refractivity contribution in [2.75, 3.05) is 0 Å². The fourth-order valence-electron chi connectivity index (χ4n) is 2.30. The SMILES string of the molecule is Cc1ccc(Cl)cc1-n1c(CCl)nc2cc(F)c(Br)cc21. The van der Waals surface area contributed by atoms with Crippen molar-refractivity contribution in [2.24, 2.45) is 0 Å². The molecule has 0 aliphatic rings. The number of nitrogens with zero attached hydrogens (tertiary/aromatic N) is 2. The molecule has 0 fully saturated rings. The van der Waals surface area contributed by atoms with Gasteiger partial charge in [0.1, 0.15) is 11.6 Å². The number of fused-ring (bicyclic) bond motifs is 1. The lowest BCUT2D eigenvalue weighted by Gasteiger charge is -2.11. The molecule has 2 aromatic carbocycles. The Morgan fingerprint density at radius 2 is 2.05 bits per heavy atom. The molecule has 3 rings (SSSR count). The predicted octanol–water partition coefficient (Wildman–Crippen LogP) is 5.63. The van der Waals surface area contributed by atoms with Crippen molar-refractivity contribution in [2.45, 2.75) is 12.8 Å².